The quantitative estimate of drug-likeness (QED) is 0.749. The van der Waals surface area contributed by atoms with E-state index in [9.17, 15) is 18.0 Å². The molecule has 0 aliphatic rings. The van der Waals surface area contributed by atoms with Crippen LogP contribution in [0, 0.1) is 0 Å². The highest BCUT2D eigenvalue weighted by Gasteiger charge is 2.16. The summed E-state index contributed by atoms with van der Waals surface area (Å²) in [6.07, 6.45) is 1.31. The van der Waals surface area contributed by atoms with Crippen LogP contribution in [-0.4, -0.2) is 38.6 Å². The molecule has 0 radical (unpaired) electrons. The molecule has 0 saturated heterocycles. The molecule has 9 heteroatoms. The van der Waals surface area contributed by atoms with Crippen molar-refractivity contribution in [1.82, 2.24) is 4.98 Å². The van der Waals surface area contributed by atoms with Gasteiger partial charge in [0.1, 0.15) is 5.82 Å². The predicted molar refractivity (Wildman–Crippen MR) is 72.8 cm³/mol. The number of carbonyl (C=O) groups excluding carboxylic acids is 2. The fourth-order valence-corrected chi connectivity index (χ4v) is 2.05. The molecule has 0 unspecified atom stereocenters. The number of amides is 3. The predicted octanol–water partition coefficient (Wildman–Crippen LogP) is -0.582. The fourth-order valence-electron chi connectivity index (χ4n) is 1.43. The van der Waals surface area contributed by atoms with E-state index in [0.717, 1.165) is 11.2 Å². The van der Waals surface area contributed by atoms with E-state index >= 15 is 0 Å². The Hall–Kier alpha value is -2.16. The van der Waals surface area contributed by atoms with Gasteiger partial charge in [0.2, 0.25) is 5.91 Å². The molecule has 1 aromatic rings. The molecule has 0 spiro atoms. The maximum Gasteiger partial charge on any atom is 0.320 e. The number of primary amides is 2. The van der Waals surface area contributed by atoms with Crippen LogP contribution < -0.4 is 16.4 Å². The summed E-state index contributed by atoms with van der Waals surface area (Å²) in [5.41, 5.74) is 10.7. The highest BCUT2D eigenvalue weighted by Crippen LogP contribution is 2.18. The van der Waals surface area contributed by atoms with Gasteiger partial charge in [-0.05, 0) is 24.1 Å². The van der Waals surface area contributed by atoms with Crippen LogP contribution in [-0.2, 0) is 21.1 Å². The number of carbonyl (C=O) groups is 2. The average Bonchev–Trinajstić information content (AvgIpc) is 2.33. The van der Waals surface area contributed by atoms with Gasteiger partial charge in [-0.25, -0.2) is 18.2 Å². The SMILES string of the molecule is CN(C(N)=O)c1cc(CCC(N)=O)cc(S(C)(=O)=O)n1. The molecular formula is C11H16N4O4S. The lowest BCUT2D eigenvalue weighted by molar-refractivity contribution is -0.117. The molecule has 0 fully saturated rings. The van der Waals surface area contributed by atoms with Crippen molar-refractivity contribution in [1.29, 1.82) is 0 Å². The zero-order valence-corrected chi connectivity index (χ0v) is 12.0. The first-order chi connectivity index (χ1) is 9.11. The number of sulfone groups is 1. The molecule has 110 valence electrons. The van der Waals surface area contributed by atoms with Gasteiger partial charge in [-0.1, -0.05) is 0 Å². The lowest BCUT2D eigenvalue weighted by Crippen LogP contribution is -2.32. The minimum Gasteiger partial charge on any atom is -0.370 e. The first-order valence-corrected chi connectivity index (χ1v) is 7.53. The third-order valence-corrected chi connectivity index (χ3v) is 3.53. The van der Waals surface area contributed by atoms with Gasteiger partial charge >= 0.3 is 6.03 Å². The first kappa shape index (κ1) is 15.9. The highest BCUT2D eigenvalue weighted by atomic mass is 32.2. The van der Waals surface area contributed by atoms with Gasteiger partial charge in [-0.15, -0.1) is 0 Å². The number of nitrogens with two attached hydrogens (primary N) is 2. The van der Waals surface area contributed by atoms with Crippen molar-refractivity contribution in [2.75, 3.05) is 18.2 Å². The van der Waals surface area contributed by atoms with E-state index in [-0.39, 0.29) is 23.7 Å². The highest BCUT2D eigenvalue weighted by molar-refractivity contribution is 7.90. The monoisotopic (exact) mass is 300 g/mol. The molecule has 8 nitrogen and oxygen atoms in total. The van der Waals surface area contributed by atoms with Gasteiger partial charge in [0.15, 0.2) is 14.9 Å². The minimum absolute atomic E-state index is 0.0624. The van der Waals surface area contributed by atoms with Gasteiger partial charge in [0.05, 0.1) is 0 Å². The molecule has 0 saturated carbocycles. The standard InChI is InChI=1S/C11H16N4O4S/c1-15(11(13)17)9-5-7(3-4-8(12)16)6-10(14-9)20(2,18)19/h5-6H,3-4H2,1-2H3,(H2,12,16)(H2,13,17). The fraction of sp³-hybridized carbons (Fsp3) is 0.364. The molecular weight excluding hydrogens is 284 g/mol. The Morgan fingerprint density at radius 1 is 1.30 bits per heavy atom. The van der Waals surface area contributed by atoms with Crippen LogP contribution in [0.25, 0.3) is 0 Å². The van der Waals surface area contributed by atoms with Crippen LogP contribution in [0.5, 0.6) is 0 Å². The minimum atomic E-state index is -3.55. The van der Waals surface area contributed by atoms with Crippen LogP contribution in [0.3, 0.4) is 0 Å². The van der Waals surface area contributed by atoms with Crippen molar-refractivity contribution in [2.24, 2.45) is 11.5 Å². The van der Waals surface area contributed by atoms with E-state index in [2.05, 4.69) is 4.98 Å². The van der Waals surface area contributed by atoms with Crippen molar-refractivity contribution < 1.29 is 18.0 Å². The van der Waals surface area contributed by atoms with E-state index in [1.165, 1.54) is 19.2 Å². The van der Waals surface area contributed by atoms with Crippen LogP contribution >= 0.6 is 0 Å². The number of anilines is 1. The number of urea groups is 1. The average molecular weight is 300 g/mol. The van der Waals surface area contributed by atoms with Gasteiger partial charge in [0.25, 0.3) is 0 Å². The van der Waals surface area contributed by atoms with Crippen molar-refractivity contribution in [3.63, 3.8) is 0 Å². The van der Waals surface area contributed by atoms with E-state index < -0.39 is 21.8 Å². The lowest BCUT2D eigenvalue weighted by Gasteiger charge is -2.15. The van der Waals surface area contributed by atoms with Crippen molar-refractivity contribution in [2.45, 2.75) is 17.9 Å². The molecule has 0 aliphatic carbocycles. The number of hydrogen-bond donors (Lipinski definition) is 2. The molecule has 3 amide bonds. The first-order valence-electron chi connectivity index (χ1n) is 5.63. The summed E-state index contributed by atoms with van der Waals surface area (Å²) in [6, 6.07) is 2.06. The molecule has 1 rings (SSSR count). The number of rotatable bonds is 5. The van der Waals surface area contributed by atoms with E-state index in [4.69, 9.17) is 11.5 Å². The number of nitrogens with zero attached hydrogens (tertiary/aromatic N) is 2. The van der Waals surface area contributed by atoms with Crippen molar-refractivity contribution in [3.05, 3.63) is 17.7 Å². The maximum atomic E-state index is 11.6. The summed E-state index contributed by atoms with van der Waals surface area (Å²) in [7, 11) is -2.18. The van der Waals surface area contributed by atoms with Gasteiger partial charge in [-0.3, -0.25) is 9.69 Å². The van der Waals surface area contributed by atoms with E-state index in [0.29, 0.717) is 5.56 Å². The molecule has 4 N–H and O–H groups in total. The summed E-state index contributed by atoms with van der Waals surface area (Å²) in [6.45, 7) is 0. The second-order valence-corrected chi connectivity index (χ2v) is 6.27. The summed E-state index contributed by atoms with van der Waals surface area (Å²) in [5, 5.41) is -0.192. The largest absolute Gasteiger partial charge is 0.370 e. The van der Waals surface area contributed by atoms with Gasteiger partial charge < -0.3 is 11.5 Å². The van der Waals surface area contributed by atoms with Crippen LogP contribution in [0.15, 0.2) is 17.2 Å². The zero-order valence-electron chi connectivity index (χ0n) is 11.2. The molecule has 1 heterocycles. The van der Waals surface area contributed by atoms with E-state index in [1.807, 2.05) is 0 Å². The number of aromatic nitrogens is 1. The smallest absolute Gasteiger partial charge is 0.320 e. The summed E-state index contributed by atoms with van der Waals surface area (Å²) >= 11 is 0. The Morgan fingerprint density at radius 3 is 2.35 bits per heavy atom. The van der Waals surface area contributed by atoms with Crippen LogP contribution in [0.4, 0.5) is 10.6 Å². The molecule has 20 heavy (non-hydrogen) atoms. The normalized spacial score (nSPS) is 11.1. The van der Waals surface area contributed by atoms with Gasteiger partial charge in [0, 0.05) is 19.7 Å². The Labute approximate surface area is 116 Å². The number of hydrogen-bond acceptors (Lipinski definition) is 5. The third-order valence-electron chi connectivity index (χ3n) is 2.56. The summed E-state index contributed by atoms with van der Waals surface area (Å²) < 4.78 is 23.2. The number of aryl methyl sites for hydroxylation is 1. The van der Waals surface area contributed by atoms with Crippen molar-refractivity contribution >= 4 is 27.6 Å². The second-order valence-electron chi connectivity index (χ2n) is 4.31. The Kier molecular flexibility index (Phi) is 4.66. The lowest BCUT2D eigenvalue weighted by atomic mass is 10.1. The molecule has 0 bridgehead atoms. The zero-order chi connectivity index (χ0) is 15.5. The summed E-state index contributed by atoms with van der Waals surface area (Å²) in [4.78, 5) is 26.8. The maximum absolute atomic E-state index is 11.6. The van der Waals surface area contributed by atoms with Gasteiger partial charge in [-0.2, -0.15) is 0 Å². The molecule has 0 aromatic carbocycles. The Morgan fingerprint density at radius 2 is 1.90 bits per heavy atom. The molecule has 0 aliphatic heterocycles. The Balaban J connectivity index is 3.28. The van der Waals surface area contributed by atoms with Crippen LogP contribution in [0.2, 0.25) is 0 Å². The molecule has 1 aromatic heterocycles. The third kappa shape index (κ3) is 4.19. The van der Waals surface area contributed by atoms with Crippen LogP contribution in [0.1, 0.15) is 12.0 Å². The van der Waals surface area contributed by atoms with Crippen molar-refractivity contribution in [3.8, 4) is 0 Å². The van der Waals surface area contributed by atoms with E-state index in [1.54, 1.807) is 0 Å². The second kappa shape index (κ2) is 5.87. The topological polar surface area (TPSA) is 136 Å². The molecule has 0 atom stereocenters. The number of pyridine rings is 1. The summed E-state index contributed by atoms with van der Waals surface area (Å²) in [5.74, 6) is -0.410. The Bertz CT molecular complexity index is 642.